The quantitative estimate of drug-likeness (QED) is 0.721. The number of ether oxygens (including phenoxy) is 1. The number of amides is 1. The van der Waals surface area contributed by atoms with E-state index in [4.69, 9.17) is 0 Å². The van der Waals surface area contributed by atoms with Crippen LogP contribution in [0.2, 0.25) is 0 Å². The maximum absolute atomic E-state index is 11.6. The monoisotopic (exact) mass is 307 g/mol. The second kappa shape index (κ2) is 8.43. The molecule has 0 bridgehead atoms. The summed E-state index contributed by atoms with van der Waals surface area (Å²) < 4.78 is 30.5. The molecule has 1 aliphatic rings. The normalized spacial score (nSPS) is 17.2. The summed E-state index contributed by atoms with van der Waals surface area (Å²) in [6, 6.07) is 0. The first-order valence-electron chi connectivity index (χ1n) is 7.01. The van der Waals surface area contributed by atoms with E-state index in [0.29, 0.717) is 32.6 Å². The molecule has 1 saturated heterocycles. The molecule has 118 valence electrons. The first-order valence-corrected chi connectivity index (χ1v) is 8.66. The molecule has 1 heterocycles. The molecule has 0 radical (unpaired) electrons. The van der Waals surface area contributed by atoms with Crippen molar-refractivity contribution in [1.82, 2.24) is 14.5 Å². The van der Waals surface area contributed by atoms with Gasteiger partial charge in [-0.25, -0.2) is 17.9 Å². The van der Waals surface area contributed by atoms with Crippen molar-refractivity contribution < 1.29 is 17.9 Å². The summed E-state index contributed by atoms with van der Waals surface area (Å²) in [5, 5.41) is 0. The molecule has 1 rings (SSSR count). The Balaban J connectivity index is 2.20. The van der Waals surface area contributed by atoms with E-state index < -0.39 is 10.0 Å². The minimum Gasteiger partial charge on any atom is -0.453 e. The SMILES string of the molecule is CCCCS(=O)(=O)NCCN1CCN(C(=O)OC)CC1. The van der Waals surface area contributed by atoms with Gasteiger partial charge in [0.15, 0.2) is 0 Å². The van der Waals surface area contributed by atoms with Crippen molar-refractivity contribution in [3.05, 3.63) is 0 Å². The Bertz CT molecular complexity index is 392. The van der Waals surface area contributed by atoms with Crippen LogP contribution in [-0.2, 0) is 14.8 Å². The van der Waals surface area contributed by atoms with E-state index in [1.165, 1.54) is 7.11 Å². The van der Waals surface area contributed by atoms with Gasteiger partial charge in [0.05, 0.1) is 12.9 Å². The van der Waals surface area contributed by atoms with E-state index in [1.54, 1.807) is 4.90 Å². The topological polar surface area (TPSA) is 79.0 Å². The maximum Gasteiger partial charge on any atom is 0.409 e. The zero-order valence-electron chi connectivity index (χ0n) is 12.3. The average molecular weight is 307 g/mol. The molecule has 0 aromatic carbocycles. The summed E-state index contributed by atoms with van der Waals surface area (Å²) >= 11 is 0. The predicted octanol–water partition coefficient (Wildman–Crippen LogP) is 0.0899. The highest BCUT2D eigenvalue weighted by molar-refractivity contribution is 7.89. The highest BCUT2D eigenvalue weighted by Crippen LogP contribution is 2.02. The molecule has 0 aliphatic carbocycles. The number of sulfonamides is 1. The van der Waals surface area contributed by atoms with E-state index in [1.807, 2.05) is 6.92 Å². The zero-order valence-corrected chi connectivity index (χ0v) is 13.1. The molecule has 1 amide bonds. The lowest BCUT2D eigenvalue weighted by Crippen LogP contribution is -2.50. The van der Waals surface area contributed by atoms with E-state index >= 15 is 0 Å². The Kier molecular flexibility index (Phi) is 7.25. The van der Waals surface area contributed by atoms with Gasteiger partial charge in [0.2, 0.25) is 10.0 Å². The van der Waals surface area contributed by atoms with Crippen LogP contribution in [-0.4, -0.2) is 76.4 Å². The number of nitrogens with one attached hydrogen (secondary N) is 1. The number of unbranched alkanes of at least 4 members (excludes halogenated alkanes) is 1. The van der Waals surface area contributed by atoms with Crippen LogP contribution in [0.5, 0.6) is 0 Å². The van der Waals surface area contributed by atoms with Crippen LogP contribution in [0, 0.1) is 0 Å². The predicted molar refractivity (Wildman–Crippen MR) is 77.1 cm³/mol. The van der Waals surface area contributed by atoms with E-state index in [-0.39, 0.29) is 11.8 Å². The third-order valence-corrected chi connectivity index (χ3v) is 4.79. The van der Waals surface area contributed by atoms with Gasteiger partial charge in [-0.2, -0.15) is 0 Å². The number of hydrogen-bond donors (Lipinski definition) is 1. The smallest absolute Gasteiger partial charge is 0.409 e. The average Bonchev–Trinajstić information content (AvgIpc) is 2.45. The second-order valence-electron chi connectivity index (χ2n) is 4.87. The van der Waals surface area contributed by atoms with E-state index in [0.717, 1.165) is 19.5 Å². The first-order chi connectivity index (χ1) is 9.48. The fourth-order valence-corrected chi connectivity index (χ4v) is 3.26. The lowest BCUT2D eigenvalue weighted by atomic mass is 10.3. The minimum atomic E-state index is -3.13. The summed E-state index contributed by atoms with van der Waals surface area (Å²) in [6.07, 6.45) is 1.26. The molecule has 1 N–H and O–H groups in total. The van der Waals surface area contributed by atoms with Crippen LogP contribution in [0.15, 0.2) is 0 Å². The van der Waals surface area contributed by atoms with Gasteiger partial charge in [0.25, 0.3) is 0 Å². The Hall–Kier alpha value is -0.860. The summed E-state index contributed by atoms with van der Waals surface area (Å²) in [5.41, 5.74) is 0. The standard InChI is InChI=1S/C12H25N3O4S/c1-3-4-11-20(17,18)13-5-6-14-7-9-15(10-8-14)12(16)19-2/h13H,3-11H2,1-2H3. The molecule has 1 aliphatic heterocycles. The molecule has 0 saturated carbocycles. The molecular formula is C12H25N3O4S. The van der Waals surface area contributed by atoms with Crippen molar-refractivity contribution in [1.29, 1.82) is 0 Å². The fraction of sp³-hybridized carbons (Fsp3) is 0.917. The van der Waals surface area contributed by atoms with Crippen LogP contribution in [0.1, 0.15) is 19.8 Å². The van der Waals surface area contributed by atoms with Gasteiger partial charge < -0.3 is 9.64 Å². The van der Waals surface area contributed by atoms with Crippen molar-refractivity contribution in [2.45, 2.75) is 19.8 Å². The van der Waals surface area contributed by atoms with Crippen molar-refractivity contribution in [2.75, 3.05) is 52.1 Å². The Morgan fingerprint density at radius 1 is 1.25 bits per heavy atom. The van der Waals surface area contributed by atoms with Gasteiger partial charge in [-0.3, -0.25) is 4.90 Å². The maximum atomic E-state index is 11.6. The van der Waals surface area contributed by atoms with E-state index in [2.05, 4.69) is 14.4 Å². The lowest BCUT2D eigenvalue weighted by Gasteiger charge is -2.33. The number of nitrogens with zero attached hydrogens (tertiary/aromatic N) is 2. The molecule has 8 heteroatoms. The molecule has 0 spiro atoms. The van der Waals surface area contributed by atoms with Crippen molar-refractivity contribution in [3.63, 3.8) is 0 Å². The van der Waals surface area contributed by atoms with Crippen molar-refractivity contribution in [2.24, 2.45) is 0 Å². The zero-order chi connectivity index (χ0) is 15.0. The number of carbonyl (C=O) groups is 1. The van der Waals surface area contributed by atoms with Crippen LogP contribution < -0.4 is 4.72 Å². The third kappa shape index (κ3) is 6.06. The minimum absolute atomic E-state index is 0.194. The molecular weight excluding hydrogens is 282 g/mol. The molecule has 0 atom stereocenters. The Morgan fingerprint density at radius 2 is 1.90 bits per heavy atom. The molecule has 0 unspecified atom stereocenters. The van der Waals surface area contributed by atoms with Crippen LogP contribution in [0.25, 0.3) is 0 Å². The largest absolute Gasteiger partial charge is 0.453 e. The molecule has 0 aromatic heterocycles. The van der Waals surface area contributed by atoms with Gasteiger partial charge in [-0.1, -0.05) is 13.3 Å². The molecule has 1 fully saturated rings. The van der Waals surface area contributed by atoms with Crippen LogP contribution >= 0.6 is 0 Å². The van der Waals surface area contributed by atoms with Crippen LogP contribution in [0.3, 0.4) is 0 Å². The van der Waals surface area contributed by atoms with Gasteiger partial charge >= 0.3 is 6.09 Å². The molecule has 7 nitrogen and oxygen atoms in total. The Labute approximate surface area is 121 Å². The number of methoxy groups -OCH3 is 1. The summed E-state index contributed by atoms with van der Waals surface area (Å²) in [4.78, 5) is 15.1. The summed E-state index contributed by atoms with van der Waals surface area (Å²) in [5.74, 6) is 0.194. The lowest BCUT2D eigenvalue weighted by molar-refractivity contribution is 0.0918. The molecule has 0 aromatic rings. The van der Waals surface area contributed by atoms with Gasteiger partial charge in [0.1, 0.15) is 0 Å². The van der Waals surface area contributed by atoms with Gasteiger partial charge in [-0.15, -0.1) is 0 Å². The van der Waals surface area contributed by atoms with Gasteiger partial charge in [-0.05, 0) is 6.42 Å². The highest BCUT2D eigenvalue weighted by atomic mass is 32.2. The first kappa shape index (κ1) is 17.2. The highest BCUT2D eigenvalue weighted by Gasteiger charge is 2.21. The number of piperazine rings is 1. The van der Waals surface area contributed by atoms with Gasteiger partial charge in [0, 0.05) is 39.3 Å². The molecule has 20 heavy (non-hydrogen) atoms. The van der Waals surface area contributed by atoms with Crippen molar-refractivity contribution in [3.8, 4) is 0 Å². The van der Waals surface area contributed by atoms with E-state index in [9.17, 15) is 13.2 Å². The Morgan fingerprint density at radius 3 is 2.45 bits per heavy atom. The second-order valence-corrected chi connectivity index (χ2v) is 6.79. The third-order valence-electron chi connectivity index (χ3n) is 3.32. The number of carbonyl (C=O) groups excluding carboxylic acids is 1. The number of rotatable bonds is 7. The van der Waals surface area contributed by atoms with Crippen molar-refractivity contribution >= 4 is 16.1 Å². The summed E-state index contributed by atoms with van der Waals surface area (Å²) in [6.45, 7) is 5.78. The number of hydrogen-bond acceptors (Lipinski definition) is 5. The summed E-state index contributed by atoms with van der Waals surface area (Å²) in [7, 11) is -1.76. The fourth-order valence-electron chi connectivity index (χ4n) is 2.05. The van der Waals surface area contributed by atoms with Crippen LogP contribution in [0.4, 0.5) is 4.79 Å².